The molecule has 348 valence electrons. The SMILES string of the molecule is CCCCCCNC(=O)c1cccc(N2C(=O)Cc3c(C(N)=O)nc(-c4ccc(OCC)cc4)nc32)c1.CCOc1ccc(-c2nc(C(N)=O)c3c(n2)N(c2ccccc2)C(=O)C3)cc1.O=C=O. The van der Waals surface area contributed by atoms with Gasteiger partial charge in [-0.1, -0.05) is 50.5 Å². The molecule has 5 N–H and O–H groups in total. The maximum absolute atomic E-state index is 13.1. The highest BCUT2D eigenvalue weighted by atomic mass is 16.5. The van der Waals surface area contributed by atoms with E-state index in [0.717, 1.165) is 31.4 Å². The van der Waals surface area contributed by atoms with Crippen LogP contribution >= 0.6 is 0 Å². The van der Waals surface area contributed by atoms with Crippen LogP contribution in [0.5, 0.6) is 11.5 Å². The fourth-order valence-electron chi connectivity index (χ4n) is 7.49. The number of aromatic nitrogens is 4. The van der Waals surface area contributed by atoms with Gasteiger partial charge in [-0.15, -0.1) is 0 Å². The van der Waals surface area contributed by atoms with Crippen molar-refractivity contribution in [2.75, 3.05) is 29.6 Å². The van der Waals surface area contributed by atoms with Gasteiger partial charge in [0.1, 0.15) is 34.5 Å². The van der Waals surface area contributed by atoms with Crippen LogP contribution in [0.1, 0.15) is 88.9 Å². The molecule has 4 aromatic carbocycles. The standard InChI is InChI=1S/C28H31N5O4.C21H18N4O3.CO2/c1-3-5-6-7-15-30-28(36)19-9-8-10-20(16-19)33-23(34)17-22-24(25(29)35)31-26(32-27(22)33)18-11-13-21(14-12-18)37-4-2;1-2-28-15-10-8-13(9-11-15)20-23-18(19(22)27)16-12-17(26)25(21(16)24-20)14-6-4-3-5-7-14;2-1-3/h8-14,16H,3-7,15,17H2,1-2H3,(H2,29,35)(H,30,36);3-11H,2,12H2,1H3,(H2,22,27);. The summed E-state index contributed by atoms with van der Waals surface area (Å²) >= 11 is 0. The minimum Gasteiger partial charge on any atom is -0.494 e. The number of anilines is 4. The van der Waals surface area contributed by atoms with Crippen LogP contribution < -0.4 is 36.1 Å². The molecule has 0 bridgehead atoms. The molecule has 0 fully saturated rings. The van der Waals surface area contributed by atoms with Crippen LogP contribution in [0.4, 0.5) is 23.0 Å². The number of hydrogen-bond donors (Lipinski definition) is 3. The van der Waals surface area contributed by atoms with E-state index in [1.807, 2.05) is 44.2 Å². The highest BCUT2D eigenvalue weighted by molar-refractivity contribution is 6.11. The zero-order valence-corrected chi connectivity index (χ0v) is 37.7. The molecular formula is C50H49N9O9. The van der Waals surface area contributed by atoms with Gasteiger partial charge in [-0.05, 0) is 99.1 Å². The Balaban J connectivity index is 0.000000219. The number of fused-ring (bicyclic) bond motifs is 2. The molecule has 0 aliphatic carbocycles. The largest absolute Gasteiger partial charge is 0.494 e. The molecule has 2 aromatic heterocycles. The Morgan fingerprint density at radius 3 is 1.54 bits per heavy atom. The lowest BCUT2D eigenvalue weighted by atomic mass is 10.1. The van der Waals surface area contributed by atoms with Crippen LogP contribution in [0, 0.1) is 0 Å². The number of benzene rings is 4. The Morgan fingerprint density at radius 1 is 0.618 bits per heavy atom. The zero-order chi connectivity index (χ0) is 48.7. The average molecular weight is 920 g/mol. The maximum atomic E-state index is 13.1. The summed E-state index contributed by atoms with van der Waals surface area (Å²) in [6.07, 6.45) is 4.46. The van der Waals surface area contributed by atoms with E-state index in [0.29, 0.717) is 76.3 Å². The summed E-state index contributed by atoms with van der Waals surface area (Å²) < 4.78 is 10.9. The summed E-state index contributed by atoms with van der Waals surface area (Å²) in [4.78, 5) is 99.9. The number of nitrogens with one attached hydrogen (secondary N) is 1. The predicted molar refractivity (Wildman–Crippen MR) is 250 cm³/mol. The number of unbranched alkanes of at least 4 members (excludes halogenated alkanes) is 3. The van der Waals surface area contributed by atoms with E-state index >= 15 is 0 Å². The lowest BCUT2D eigenvalue weighted by Crippen LogP contribution is -2.25. The van der Waals surface area contributed by atoms with Crippen LogP contribution in [-0.4, -0.2) is 75.4 Å². The van der Waals surface area contributed by atoms with E-state index in [9.17, 15) is 24.0 Å². The molecule has 18 heteroatoms. The summed E-state index contributed by atoms with van der Waals surface area (Å²) in [5, 5.41) is 2.93. The van der Waals surface area contributed by atoms with E-state index in [-0.39, 0.29) is 59.7 Å². The van der Waals surface area contributed by atoms with Crippen molar-refractivity contribution in [3.05, 3.63) is 131 Å². The summed E-state index contributed by atoms with van der Waals surface area (Å²) in [6, 6.07) is 30.3. The number of nitrogens with zero attached hydrogens (tertiary/aromatic N) is 6. The first-order chi connectivity index (χ1) is 32.9. The molecule has 8 rings (SSSR count). The number of nitrogens with two attached hydrogens (primary N) is 2. The van der Waals surface area contributed by atoms with Crippen molar-refractivity contribution < 1.29 is 43.0 Å². The van der Waals surface area contributed by atoms with E-state index in [2.05, 4.69) is 32.2 Å². The number of amides is 5. The van der Waals surface area contributed by atoms with Crippen molar-refractivity contribution >= 4 is 58.7 Å². The van der Waals surface area contributed by atoms with Gasteiger partial charge in [0.2, 0.25) is 11.8 Å². The summed E-state index contributed by atoms with van der Waals surface area (Å²) in [5.41, 5.74) is 15.0. The molecule has 5 amide bonds. The molecule has 0 atom stereocenters. The van der Waals surface area contributed by atoms with Crippen molar-refractivity contribution in [2.45, 2.75) is 59.3 Å². The lowest BCUT2D eigenvalue weighted by Gasteiger charge is -2.18. The summed E-state index contributed by atoms with van der Waals surface area (Å²) in [6.45, 7) is 7.64. The Hall–Kier alpha value is -8.63. The molecular weight excluding hydrogens is 871 g/mol. The first kappa shape index (κ1) is 48.8. The van der Waals surface area contributed by atoms with E-state index < -0.39 is 11.8 Å². The van der Waals surface area contributed by atoms with Gasteiger partial charge in [-0.2, -0.15) is 9.59 Å². The summed E-state index contributed by atoms with van der Waals surface area (Å²) in [7, 11) is 0. The fourth-order valence-corrected chi connectivity index (χ4v) is 7.49. The number of ether oxygens (including phenoxy) is 2. The molecule has 2 aliphatic heterocycles. The van der Waals surface area contributed by atoms with Gasteiger partial charge in [0.25, 0.3) is 17.7 Å². The summed E-state index contributed by atoms with van der Waals surface area (Å²) in [5.74, 6) is 0.588. The molecule has 0 saturated carbocycles. The van der Waals surface area contributed by atoms with Crippen LogP contribution in [0.15, 0.2) is 103 Å². The minimum atomic E-state index is -0.739. The molecule has 4 heterocycles. The number of carbonyl (C=O) groups is 5. The van der Waals surface area contributed by atoms with E-state index in [4.69, 9.17) is 30.5 Å². The molecule has 0 saturated heterocycles. The molecule has 2 aliphatic rings. The Bertz CT molecular complexity index is 2830. The zero-order valence-electron chi connectivity index (χ0n) is 37.7. The van der Waals surface area contributed by atoms with Gasteiger partial charge < -0.3 is 26.3 Å². The molecule has 68 heavy (non-hydrogen) atoms. The van der Waals surface area contributed by atoms with Crippen molar-refractivity contribution in [1.82, 2.24) is 25.3 Å². The van der Waals surface area contributed by atoms with Crippen molar-refractivity contribution in [3.8, 4) is 34.3 Å². The van der Waals surface area contributed by atoms with Crippen LogP contribution in [-0.2, 0) is 32.0 Å². The van der Waals surface area contributed by atoms with Gasteiger partial charge in [0, 0.05) is 34.4 Å². The van der Waals surface area contributed by atoms with E-state index in [1.54, 1.807) is 72.8 Å². The molecule has 6 aromatic rings. The van der Waals surface area contributed by atoms with Crippen LogP contribution in [0.3, 0.4) is 0 Å². The Kier molecular flexibility index (Phi) is 16.5. The number of para-hydroxylation sites is 1. The third-order valence-corrected chi connectivity index (χ3v) is 10.6. The van der Waals surface area contributed by atoms with Gasteiger partial charge in [-0.3, -0.25) is 33.8 Å². The van der Waals surface area contributed by atoms with Gasteiger partial charge in [0.05, 0.1) is 37.4 Å². The number of rotatable bonds is 16. The van der Waals surface area contributed by atoms with Crippen LogP contribution in [0.25, 0.3) is 22.8 Å². The molecule has 0 radical (unpaired) electrons. The maximum Gasteiger partial charge on any atom is 0.373 e. The Morgan fingerprint density at radius 2 is 1.09 bits per heavy atom. The van der Waals surface area contributed by atoms with Gasteiger partial charge >= 0.3 is 6.15 Å². The minimum absolute atomic E-state index is 0.00529. The monoisotopic (exact) mass is 919 g/mol. The smallest absolute Gasteiger partial charge is 0.373 e. The second-order valence-corrected chi connectivity index (χ2v) is 15.1. The fraction of sp³-hybridized carbons (Fsp3) is 0.240. The first-order valence-corrected chi connectivity index (χ1v) is 21.9. The second-order valence-electron chi connectivity index (χ2n) is 15.1. The lowest BCUT2D eigenvalue weighted by molar-refractivity contribution is -0.191. The van der Waals surface area contributed by atoms with Gasteiger partial charge in [-0.25, -0.2) is 19.9 Å². The quantitative estimate of drug-likeness (QED) is 0.0883. The van der Waals surface area contributed by atoms with Gasteiger partial charge in [0.15, 0.2) is 11.6 Å². The second kappa shape index (κ2) is 23.0. The van der Waals surface area contributed by atoms with Crippen molar-refractivity contribution in [3.63, 3.8) is 0 Å². The number of hydrogen-bond acceptors (Lipinski definition) is 13. The third-order valence-electron chi connectivity index (χ3n) is 10.6. The number of carbonyl (C=O) groups excluding carboxylic acids is 7. The molecule has 18 nitrogen and oxygen atoms in total. The van der Waals surface area contributed by atoms with E-state index in [1.165, 1.54) is 9.80 Å². The number of primary amides is 2. The molecule has 0 unspecified atom stereocenters. The predicted octanol–water partition coefficient (Wildman–Crippen LogP) is 6.45. The molecule has 0 spiro atoms. The average Bonchev–Trinajstić information content (AvgIpc) is 3.86. The topological polar surface area (TPSA) is 260 Å². The first-order valence-electron chi connectivity index (χ1n) is 21.9. The van der Waals surface area contributed by atoms with Crippen LogP contribution in [0.2, 0.25) is 0 Å². The third kappa shape index (κ3) is 11.4. The van der Waals surface area contributed by atoms with Crippen molar-refractivity contribution in [1.29, 1.82) is 0 Å². The highest BCUT2D eigenvalue weighted by Gasteiger charge is 2.36. The van der Waals surface area contributed by atoms with Crippen molar-refractivity contribution in [2.24, 2.45) is 11.5 Å². The Labute approximate surface area is 391 Å². The normalized spacial score (nSPS) is 12.1. The highest BCUT2D eigenvalue weighted by Crippen LogP contribution is 2.38.